The molecule has 26 heavy (non-hydrogen) atoms. The first-order valence-corrected chi connectivity index (χ1v) is 9.50. The number of imide groups is 1. The maximum absolute atomic E-state index is 12.3. The fourth-order valence-electron chi connectivity index (χ4n) is 4.00. The SMILES string of the molecule is CC[C@@H]1CN(C)c2ccccc2CN1CCCN1C(=O)NC(C)(C)C1=O. The number of nitrogens with zero attached hydrogens (tertiary/aromatic N) is 3. The van der Waals surface area contributed by atoms with Gasteiger partial charge in [0.25, 0.3) is 5.91 Å². The molecule has 3 rings (SSSR count). The number of fused-ring (bicyclic) bond motifs is 1. The highest BCUT2D eigenvalue weighted by molar-refractivity contribution is 6.06. The largest absolute Gasteiger partial charge is 0.373 e. The van der Waals surface area contributed by atoms with Gasteiger partial charge in [-0.3, -0.25) is 14.6 Å². The van der Waals surface area contributed by atoms with E-state index < -0.39 is 5.54 Å². The van der Waals surface area contributed by atoms with Crippen molar-refractivity contribution in [2.45, 2.75) is 51.7 Å². The van der Waals surface area contributed by atoms with Crippen LogP contribution in [0.4, 0.5) is 10.5 Å². The van der Waals surface area contributed by atoms with E-state index in [0.717, 1.165) is 32.5 Å². The quantitative estimate of drug-likeness (QED) is 0.822. The summed E-state index contributed by atoms with van der Waals surface area (Å²) in [4.78, 5) is 30.6. The number of amides is 3. The van der Waals surface area contributed by atoms with Gasteiger partial charge in [-0.05, 0) is 38.3 Å². The molecule has 0 spiro atoms. The summed E-state index contributed by atoms with van der Waals surface area (Å²) in [6.07, 6.45) is 1.87. The van der Waals surface area contributed by atoms with Crippen molar-refractivity contribution in [3.63, 3.8) is 0 Å². The maximum Gasteiger partial charge on any atom is 0.325 e. The third-order valence-electron chi connectivity index (χ3n) is 5.52. The van der Waals surface area contributed by atoms with E-state index in [0.29, 0.717) is 12.6 Å². The second-order valence-electron chi connectivity index (χ2n) is 7.91. The smallest absolute Gasteiger partial charge is 0.325 e. The van der Waals surface area contributed by atoms with Crippen molar-refractivity contribution in [2.75, 3.05) is 31.6 Å². The highest BCUT2D eigenvalue weighted by Gasteiger charge is 2.43. The maximum atomic E-state index is 12.3. The van der Waals surface area contributed by atoms with E-state index in [1.54, 1.807) is 13.8 Å². The van der Waals surface area contributed by atoms with Crippen LogP contribution in [-0.2, 0) is 11.3 Å². The summed E-state index contributed by atoms with van der Waals surface area (Å²) in [5.41, 5.74) is 1.85. The van der Waals surface area contributed by atoms with Gasteiger partial charge < -0.3 is 10.2 Å². The van der Waals surface area contributed by atoms with Gasteiger partial charge in [0.05, 0.1) is 0 Å². The third kappa shape index (κ3) is 3.56. The average Bonchev–Trinajstić information content (AvgIpc) is 2.72. The predicted octanol–water partition coefficient (Wildman–Crippen LogP) is 2.44. The summed E-state index contributed by atoms with van der Waals surface area (Å²) in [5.74, 6) is -0.129. The van der Waals surface area contributed by atoms with Crippen molar-refractivity contribution in [1.82, 2.24) is 15.1 Å². The molecule has 2 heterocycles. The van der Waals surface area contributed by atoms with Gasteiger partial charge >= 0.3 is 6.03 Å². The number of benzene rings is 1. The molecule has 0 unspecified atom stereocenters. The summed E-state index contributed by atoms with van der Waals surface area (Å²) >= 11 is 0. The predicted molar refractivity (Wildman–Crippen MR) is 103 cm³/mol. The molecule has 2 aliphatic rings. The molecule has 1 fully saturated rings. The van der Waals surface area contributed by atoms with Crippen LogP contribution in [0.15, 0.2) is 24.3 Å². The number of nitrogens with one attached hydrogen (secondary N) is 1. The number of hydrogen-bond donors (Lipinski definition) is 1. The molecular formula is C20H30N4O2. The number of rotatable bonds is 5. The Morgan fingerprint density at radius 1 is 1.19 bits per heavy atom. The van der Waals surface area contributed by atoms with Gasteiger partial charge in [0.15, 0.2) is 0 Å². The summed E-state index contributed by atoms with van der Waals surface area (Å²) in [6.45, 7) is 8.97. The van der Waals surface area contributed by atoms with Gasteiger partial charge in [-0.2, -0.15) is 0 Å². The Hall–Kier alpha value is -2.08. The topological polar surface area (TPSA) is 55.9 Å². The lowest BCUT2D eigenvalue weighted by molar-refractivity contribution is -0.130. The molecule has 142 valence electrons. The zero-order valence-electron chi connectivity index (χ0n) is 16.3. The monoisotopic (exact) mass is 358 g/mol. The van der Waals surface area contributed by atoms with Crippen LogP contribution >= 0.6 is 0 Å². The molecule has 1 atom stereocenters. The number of likely N-dealkylation sites (N-methyl/N-ethyl adjacent to an activating group) is 1. The van der Waals surface area contributed by atoms with Crippen LogP contribution in [0, 0.1) is 0 Å². The Morgan fingerprint density at radius 2 is 1.92 bits per heavy atom. The summed E-state index contributed by atoms with van der Waals surface area (Å²) in [6, 6.07) is 8.75. The molecule has 3 amide bonds. The average molecular weight is 358 g/mol. The van der Waals surface area contributed by atoms with Crippen molar-refractivity contribution in [3.05, 3.63) is 29.8 Å². The minimum Gasteiger partial charge on any atom is -0.373 e. The fourth-order valence-corrected chi connectivity index (χ4v) is 4.00. The lowest BCUT2D eigenvalue weighted by Crippen LogP contribution is -2.42. The molecule has 0 bridgehead atoms. The molecule has 0 aliphatic carbocycles. The van der Waals surface area contributed by atoms with Crippen LogP contribution in [0.2, 0.25) is 0 Å². The normalized spacial score (nSPS) is 23.0. The molecule has 0 saturated carbocycles. The van der Waals surface area contributed by atoms with Crippen LogP contribution < -0.4 is 10.2 Å². The third-order valence-corrected chi connectivity index (χ3v) is 5.52. The van der Waals surface area contributed by atoms with E-state index >= 15 is 0 Å². The number of anilines is 1. The van der Waals surface area contributed by atoms with Crippen molar-refractivity contribution >= 4 is 17.6 Å². The number of hydrogen-bond acceptors (Lipinski definition) is 4. The van der Waals surface area contributed by atoms with Crippen molar-refractivity contribution in [3.8, 4) is 0 Å². The van der Waals surface area contributed by atoms with Crippen molar-refractivity contribution in [1.29, 1.82) is 0 Å². The Labute approximate surface area is 156 Å². The molecule has 1 N–H and O–H groups in total. The molecule has 1 aromatic carbocycles. The van der Waals surface area contributed by atoms with Gasteiger partial charge in [0.1, 0.15) is 5.54 Å². The summed E-state index contributed by atoms with van der Waals surface area (Å²) in [7, 11) is 2.15. The van der Waals surface area contributed by atoms with Crippen molar-refractivity contribution < 1.29 is 9.59 Å². The molecular weight excluding hydrogens is 328 g/mol. The molecule has 6 nitrogen and oxygen atoms in total. The summed E-state index contributed by atoms with van der Waals surface area (Å²) < 4.78 is 0. The van der Waals surface area contributed by atoms with E-state index in [-0.39, 0.29) is 11.9 Å². The van der Waals surface area contributed by atoms with Gasteiger partial charge in [-0.1, -0.05) is 25.1 Å². The molecule has 1 aromatic rings. The lowest BCUT2D eigenvalue weighted by atomic mass is 10.1. The highest BCUT2D eigenvalue weighted by atomic mass is 16.2. The second kappa shape index (κ2) is 7.27. The first-order valence-electron chi connectivity index (χ1n) is 9.50. The Bertz CT molecular complexity index is 688. The number of carbonyl (C=O) groups excluding carboxylic acids is 2. The molecule has 6 heteroatoms. The Kier molecular flexibility index (Phi) is 5.23. The number of carbonyl (C=O) groups is 2. The highest BCUT2D eigenvalue weighted by Crippen LogP contribution is 2.27. The zero-order chi connectivity index (χ0) is 18.9. The van der Waals surface area contributed by atoms with E-state index in [1.807, 2.05) is 0 Å². The van der Waals surface area contributed by atoms with Gasteiger partial charge in [-0.25, -0.2) is 4.79 Å². The van der Waals surface area contributed by atoms with Crippen LogP contribution in [0.1, 0.15) is 39.2 Å². The van der Waals surface area contributed by atoms with E-state index in [9.17, 15) is 9.59 Å². The molecule has 0 radical (unpaired) electrons. The van der Waals surface area contributed by atoms with Gasteiger partial charge in [-0.15, -0.1) is 0 Å². The van der Waals surface area contributed by atoms with Gasteiger partial charge in [0, 0.05) is 45.0 Å². The minimum absolute atomic E-state index is 0.129. The van der Waals surface area contributed by atoms with Crippen molar-refractivity contribution in [2.24, 2.45) is 0 Å². The van der Waals surface area contributed by atoms with Crippen LogP contribution in [-0.4, -0.2) is 60.0 Å². The molecule has 0 aromatic heterocycles. The molecule has 1 saturated heterocycles. The number of urea groups is 1. The van der Waals surface area contributed by atoms with Gasteiger partial charge in [0.2, 0.25) is 0 Å². The van der Waals surface area contributed by atoms with Crippen LogP contribution in [0.3, 0.4) is 0 Å². The van der Waals surface area contributed by atoms with E-state index in [1.165, 1.54) is 16.2 Å². The number of para-hydroxylation sites is 1. The molecule has 2 aliphatic heterocycles. The first kappa shape index (κ1) is 18.7. The Balaban J connectivity index is 1.65. The fraction of sp³-hybridized carbons (Fsp3) is 0.600. The van der Waals surface area contributed by atoms with E-state index in [4.69, 9.17) is 0 Å². The minimum atomic E-state index is -0.784. The lowest BCUT2D eigenvalue weighted by Gasteiger charge is -2.31. The zero-order valence-corrected chi connectivity index (χ0v) is 16.3. The van der Waals surface area contributed by atoms with Crippen LogP contribution in [0.25, 0.3) is 0 Å². The second-order valence-corrected chi connectivity index (χ2v) is 7.91. The van der Waals surface area contributed by atoms with Crippen LogP contribution in [0.5, 0.6) is 0 Å². The first-order chi connectivity index (χ1) is 12.3. The summed E-state index contributed by atoms with van der Waals surface area (Å²) in [5, 5.41) is 2.75. The Morgan fingerprint density at radius 3 is 2.58 bits per heavy atom. The van der Waals surface area contributed by atoms with E-state index in [2.05, 4.69) is 53.4 Å². The standard InChI is InChI=1S/C20H30N4O2/c1-5-16-14-22(4)17-10-7-6-9-15(17)13-23(16)11-8-12-24-18(25)20(2,3)21-19(24)26/h6-7,9-10,16H,5,8,11-14H2,1-4H3,(H,21,26)/t16-/m1/s1.